The van der Waals surface area contributed by atoms with Gasteiger partial charge >= 0.3 is 5.97 Å². The van der Waals surface area contributed by atoms with Gasteiger partial charge in [0.05, 0.1) is 6.61 Å². The first-order valence-corrected chi connectivity index (χ1v) is 3.50. The van der Waals surface area contributed by atoms with Gasteiger partial charge in [-0.1, -0.05) is 11.6 Å². The topological polar surface area (TPSA) is 26.3 Å². The first-order chi connectivity index (χ1) is 4.58. The number of hydrogen-bond donors (Lipinski definition) is 0. The number of carbonyl (C=O) groups excluding carboxylic acids is 1. The molecule has 0 heterocycles. The Bertz CT molecular complexity index is 158. The van der Waals surface area contributed by atoms with Crippen LogP contribution in [0.5, 0.6) is 0 Å². The van der Waals surface area contributed by atoms with Gasteiger partial charge in [-0.3, -0.25) is 4.79 Å². The van der Waals surface area contributed by atoms with E-state index in [4.69, 9.17) is 11.6 Å². The van der Waals surface area contributed by atoms with E-state index in [1.54, 1.807) is 6.92 Å². The first-order valence-electron chi connectivity index (χ1n) is 3.12. The standard InChI is InChI=1S/C6H8ClFO2/c1-2-10-5(9)4-3-6(4,7)8/h4H,2-3H2,1H3/t4?,6-/m1/s1. The summed E-state index contributed by atoms with van der Waals surface area (Å²) in [6.07, 6.45) is 0.0907. The van der Waals surface area contributed by atoms with Crippen molar-refractivity contribution in [3.63, 3.8) is 0 Å². The number of halogens is 2. The van der Waals surface area contributed by atoms with Gasteiger partial charge in [0.2, 0.25) is 0 Å². The summed E-state index contributed by atoms with van der Waals surface area (Å²) in [4.78, 5) is 10.7. The number of rotatable bonds is 2. The van der Waals surface area contributed by atoms with Crippen LogP contribution in [-0.4, -0.2) is 17.7 Å². The molecule has 58 valence electrons. The minimum Gasteiger partial charge on any atom is -0.466 e. The van der Waals surface area contributed by atoms with Crippen LogP contribution in [-0.2, 0) is 9.53 Å². The normalized spacial score (nSPS) is 37.3. The van der Waals surface area contributed by atoms with Gasteiger partial charge < -0.3 is 4.74 Å². The van der Waals surface area contributed by atoms with E-state index in [1.807, 2.05) is 0 Å². The molecule has 0 aromatic heterocycles. The SMILES string of the molecule is CCOC(=O)C1C[C@]1(F)Cl. The highest BCUT2D eigenvalue weighted by Gasteiger charge is 2.59. The largest absolute Gasteiger partial charge is 0.466 e. The summed E-state index contributed by atoms with van der Waals surface area (Å²) in [5.74, 6) is -1.26. The van der Waals surface area contributed by atoms with E-state index < -0.39 is 17.0 Å². The van der Waals surface area contributed by atoms with Crippen molar-refractivity contribution in [2.24, 2.45) is 5.92 Å². The number of esters is 1. The predicted octanol–water partition coefficient (Wildman–Crippen LogP) is 1.47. The molecule has 2 atom stereocenters. The zero-order chi connectivity index (χ0) is 7.78. The van der Waals surface area contributed by atoms with Crippen molar-refractivity contribution >= 4 is 17.6 Å². The minimum atomic E-state index is -1.81. The second kappa shape index (κ2) is 2.38. The van der Waals surface area contributed by atoms with Gasteiger partial charge in [-0.05, 0) is 6.92 Å². The van der Waals surface area contributed by atoms with Crippen molar-refractivity contribution in [1.29, 1.82) is 0 Å². The summed E-state index contributed by atoms with van der Waals surface area (Å²) in [5, 5.41) is -1.81. The summed E-state index contributed by atoms with van der Waals surface area (Å²) < 4.78 is 17.0. The van der Waals surface area contributed by atoms with Crippen LogP contribution >= 0.6 is 11.6 Å². The van der Waals surface area contributed by atoms with E-state index in [0.717, 1.165) is 0 Å². The van der Waals surface area contributed by atoms with Crippen LogP contribution in [0.25, 0.3) is 0 Å². The third-order valence-corrected chi connectivity index (χ3v) is 1.81. The fourth-order valence-corrected chi connectivity index (χ4v) is 0.955. The molecule has 0 aromatic carbocycles. The second-order valence-corrected chi connectivity index (χ2v) is 2.90. The molecule has 2 nitrogen and oxygen atoms in total. The number of alkyl halides is 2. The van der Waals surface area contributed by atoms with Crippen molar-refractivity contribution < 1.29 is 13.9 Å². The van der Waals surface area contributed by atoms with Gasteiger partial charge in [-0.15, -0.1) is 0 Å². The lowest BCUT2D eigenvalue weighted by atomic mass is 10.4. The van der Waals surface area contributed by atoms with Crippen molar-refractivity contribution in [2.75, 3.05) is 6.61 Å². The lowest BCUT2D eigenvalue weighted by molar-refractivity contribution is -0.145. The molecule has 4 heteroatoms. The molecule has 0 radical (unpaired) electrons. The highest BCUT2D eigenvalue weighted by Crippen LogP contribution is 2.51. The summed E-state index contributed by atoms with van der Waals surface area (Å²) in [5.41, 5.74) is 0. The maximum absolute atomic E-state index is 12.5. The van der Waals surface area contributed by atoms with Crippen molar-refractivity contribution in [3.8, 4) is 0 Å². The van der Waals surface area contributed by atoms with E-state index in [-0.39, 0.29) is 13.0 Å². The highest BCUT2D eigenvalue weighted by molar-refractivity contribution is 6.26. The molecule has 0 aromatic rings. The summed E-state index contributed by atoms with van der Waals surface area (Å²) >= 11 is 5.17. The predicted molar refractivity (Wildman–Crippen MR) is 34.4 cm³/mol. The smallest absolute Gasteiger partial charge is 0.313 e. The lowest BCUT2D eigenvalue weighted by Crippen LogP contribution is -2.10. The zero-order valence-corrected chi connectivity index (χ0v) is 6.32. The number of carbonyl (C=O) groups is 1. The molecule has 1 aliphatic carbocycles. The molecule has 10 heavy (non-hydrogen) atoms. The van der Waals surface area contributed by atoms with Crippen LogP contribution in [0.1, 0.15) is 13.3 Å². The van der Waals surface area contributed by atoms with Crippen LogP contribution in [0.3, 0.4) is 0 Å². The van der Waals surface area contributed by atoms with Crippen molar-refractivity contribution in [1.82, 2.24) is 0 Å². The van der Waals surface area contributed by atoms with Crippen LogP contribution in [0.2, 0.25) is 0 Å². The molecular formula is C6H8ClFO2. The van der Waals surface area contributed by atoms with Gasteiger partial charge in [0.1, 0.15) is 5.92 Å². The average molecular weight is 167 g/mol. The second-order valence-electron chi connectivity index (χ2n) is 2.27. The van der Waals surface area contributed by atoms with E-state index in [1.165, 1.54) is 0 Å². The molecule has 0 N–H and O–H groups in total. The lowest BCUT2D eigenvalue weighted by Gasteiger charge is -1.98. The molecule has 0 saturated heterocycles. The summed E-state index contributed by atoms with van der Waals surface area (Å²) in [6.45, 7) is 1.96. The molecule has 1 unspecified atom stereocenters. The Kier molecular flexibility index (Phi) is 1.86. The molecule has 0 aliphatic heterocycles. The van der Waals surface area contributed by atoms with E-state index in [0.29, 0.717) is 0 Å². The Morgan fingerprint density at radius 1 is 2.00 bits per heavy atom. The van der Waals surface area contributed by atoms with Gasteiger partial charge in [0.15, 0.2) is 5.13 Å². The monoisotopic (exact) mass is 166 g/mol. The van der Waals surface area contributed by atoms with Crippen LogP contribution in [0.4, 0.5) is 4.39 Å². The van der Waals surface area contributed by atoms with Crippen LogP contribution < -0.4 is 0 Å². The van der Waals surface area contributed by atoms with Crippen molar-refractivity contribution in [2.45, 2.75) is 18.5 Å². The maximum atomic E-state index is 12.5. The Morgan fingerprint density at radius 3 is 2.80 bits per heavy atom. The third kappa shape index (κ3) is 1.40. The van der Waals surface area contributed by atoms with Gasteiger partial charge in [-0.25, -0.2) is 4.39 Å². The molecule has 1 fully saturated rings. The van der Waals surface area contributed by atoms with Crippen molar-refractivity contribution in [3.05, 3.63) is 0 Å². The Hall–Kier alpha value is -0.310. The number of hydrogen-bond acceptors (Lipinski definition) is 2. The molecular weight excluding hydrogens is 159 g/mol. The molecule has 0 amide bonds. The minimum absolute atomic E-state index is 0.0907. The quantitative estimate of drug-likeness (QED) is 0.459. The van der Waals surface area contributed by atoms with Crippen LogP contribution in [0, 0.1) is 5.92 Å². The first kappa shape index (κ1) is 7.79. The van der Waals surface area contributed by atoms with E-state index in [9.17, 15) is 9.18 Å². The van der Waals surface area contributed by atoms with Gasteiger partial charge in [0, 0.05) is 6.42 Å². The molecule has 1 saturated carbocycles. The molecule has 1 aliphatic rings. The summed E-state index contributed by atoms with van der Waals surface area (Å²) in [6, 6.07) is 0. The van der Waals surface area contributed by atoms with Gasteiger partial charge in [0.25, 0.3) is 0 Å². The fourth-order valence-electron chi connectivity index (χ4n) is 0.712. The maximum Gasteiger partial charge on any atom is 0.313 e. The molecule has 0 bridgehead atoms. The van der Waals surface area contributed by atoms with Gasteiger partial charge in [-0.2, -0.15) is 0 Å². The number of ether oxygens (including phenoxy) is 1. The zero-order valence-electron chi connectivity index (χ0n) is 5.56. The van der Waals surface area contributed by atoms with Crippen LogP contribution in [0.15, 0.2) is 0 Å². The molecule has 0 spiro atoms. The Morgan fingerprint density at radius 2 is 2.50 bits per heavy atom. The summed E-state index contributed by atoms with van der Waals surface area (Å²) in [7, 11) is 0. The highest BCUT2D eigenvalue weighted by atomic mass is 35.5. The average Bonchev–Trinajstić information content (AvgIpc) is 2.41. The molecule has 1 rings (SSSR count). The Balaban J connectivity index is 2.33. The van der Waals surface area contributed by atoms with E-state index >= 15 is 0 Å². The van der Waals surface area contributed by atoms with E-state index in [2.05, 4.69) is 4.74 Å². The fraction of sp³-hybridized carbons (Fsp3) is 0.833. The Labute approximate surface area is 63.3 Å². The third-order valence-electron chi connectivity index (χ3n) is 1.40.